The molecule has 28 heavy (non-hydrogen) atoms. The highest BCUT2D eigenvalue weighted by atomic mass is 35.5. The third-order valence-corrected chi connectivity index (χ3v) is 5.34. The Morgan fingerprint density at radius 3 is 2.57 bits per heavy atom. The zero-order valence-electron chi connectivity index (χ0n) is 15.9. The molecule has 4 rings (SSSR count). The van der Waals surface area contributed by atoms with Crippen molar-refractivity contribution in [1.29, 1.82) is 0 Å². The Hall–Kier alpha value is -2.44. The summed E-state index contributed by atoms with van der Waals surface area (Å²) in [7, 11) is 0. The Labute approximate surface area is 174 Å². The third kappa shape index (κ3) is 3.62. The van der Waals surface area contributed by atoms with Crippen molar-refractivity contribution in [2.24, 2.45) is 0 Å². The fourth-order valence-electron chi connectivity index (χ4n) is 3.17. The van der Waals surface area contributed by atoms with Crippen LogP contribution < -0.4 is 0 Å². The van der Waals surface area contributed by atoms with Crippen LogP contribution in [0.3, 0.4) is 0 Å². The van der Waals surface area contributed by atoms with E-state index >= 15 is 0 Å². The molecule has 0 N–H and O–H groups in total. The second-order valence-electron chi connectivity index (χ2n) is 6.02. The predicted octanol–water partition coefficient (Wildman–Crippen LogP) is 4.89. The van der Waals surface area contributed by atoms with Crippen LogP contribution in [0, 0.1) is 0 Å². The molecule has 8 heteroatoms. The summed E-state index contributed by atoms with van der Waals surface area (Å²) in [5.74, 6) is 1.27. The number of rotatable bonds is 2. The van der Waals surface area contributed by atoms with Crippen LogP contribution in [0.15, 0.2) is 42.6 Å². The lowest BCUT2D eigenvalue weighted by Crippen LogP contribution is -2.41. The van der Waals surface area contributed by atoms with Gasteiger partial charge in [-0.25, -0.2) is 0 Å². The molecule has 146 valence electrons. The summed E-state index contributed by atoms with van der Waals surface area (Å²) in [6, 6.07) is 10.5. The molecule has 1 atom stereocenters. The monoisotopic (exact) mass is 417 g/mol. The smallest absolute Gasteiger partial charge is 0.256 e. The van der Waals surface area contributed by atoms with Crippen molar-refractivity contribution in [1.82, 2.24) is 24.6 Å². The molecule has 6 nitrogen and oxygen atoms in total. The first-order chi connectivity index (χ1) is 13.6. The first kappa shape index (κ1) is 20.3. The second kappa shape index (κ2) is 8.71. The molecule has 0 aliphatic carbocycles. The SMILES string of the molecule is CC.CC1c2nnc(-c3ccccn3)n2CCN1C(=O)c1cccc(Cl)c1Cl. The van der Waals surface area contributed by atoms with E-state index in [9.17, 15) is 4.79 Å². The number of carbonyl (C=O) groups excluding carboxylic acids is 1. The number of pyridine rings is 1. The van der Waals surface area contributed by atoms with Crippen LogP contribution in [0.2, 0.25) is 10.0 Å². The summed E-state index contributed by atoms with van der Waals surface area (Å²) in [5.41, 5.74) is 1.15. The van der Waals surface area contributed by atoms with Gasteiger partial charge in [0.15, 0.2) is 11.6 Å². The molecule has 1 unspecified atom stereocenters. The molecule has 3 aromatic rings. The Balaban J connectivity index is 0.00000109. The molecule has 2 aromatic heterocycles. The molecule has 3 heterocycles. The van der Waals surface area contributed by atoms with Gasteiger partial charge in [0.2, 0.25) is 0 Å². The molecule has 0 saturated heterocycles. The van der Waals surface area contributed by atoms with Crippen molar-refractivity contribution in [2.45, 2.75) is 33.4 Å². The van der Waals surface area contributed by atoms with Crippen molar-refractivity contribution in [2.75, 3.05) is 6.54 Å². The lowest BCUT2D eigenvalue weighted by Gasteiger charge is -2.34. The predicted molar refractivity (Wildman–Crippen MR) is 111 cm³/mol. The molecule has 0 bridgehead atoms. The number of hydrogen-bond donors (Lipinski definition) is 0. The molecule has 0 radical (unpaired) electrons. The van der Waals surface area contributed by atoms with E-state index in [1.54, 1.807) is 29.3 Å². The summed E-state index contributed by atoms with van der Waals surface area (Å²) < 4.78 is 2.01. The maximum atomic E-state index is 13.0. The van der Waals surface area contributed by atoms with E-state index in [1.807, 2.05) is 43.5 Å². The lowest BCUT2D eigenvalue weighted by atomic mass is 10.1. The number of nitrogens with zero attached hydrogens (tertiary/aromatic N) is 5. The number of aromatic nitrogens is 4. The molecule has 0 saturated carbocycles. The Bertz CT molecular complexity index is 974. The van der Waals surface area contributed by atoms with Crippen molar-refractivity contribution in [3.05, 3.63) is 64.0 Å². The second-order valence-corrected chi connectivity index (χ2v) is 6.81. The van der Waals surface area contributed by atoms with Gasteiger partial charge < -0.3 is 9.47 Å². The maximum Gasteiger partial charge on any atom is 0.256 e. The first-order valence-electron chi connectivity index (χ1n) is 9.17. The standard InChI is InChI=1S/C18H15Cl2N5O.C2H6/c1-11-16-22-23-17(14-7-2-3-8-21-14)25(16)10-9-24(11)18(26)12-5-4-6-13(19)15(12)20;1-2/h2-8,11H,9-10H2,1H3;1-2H3. The maximum absolute atomic E-state index is 13.0. The van der Waals surface area contributed by atoms with E-state index in [0.717, 1.165) is 11.5 Å². The molecule has 0 spiro atoms. The molecule has 0 fully saturated rings. The summed E-state index contributed by atoms with van der Waals surface area (Å²) in [6.07, 6.45) is 1.72. The van der Waals surface area contributed by atoms with Gasteiger partial charge in [0.25, 0.3) is 5.91 Å². The minimum absolute atomic E-state index is 0.168. The van der Waals surface area contributed by atoms with Gasteiger partial charge in [-0.15, -0.1) is 10.2 Å². The van der Waals surface area contributed by atoms with Crippen LogP contribution in [-0.4, -0.2) is 37.1 Å². The van der Waals surface area contributed by atoms with Crippen molar-refractivity contribution in [3.8, 4) is 11.5 Å². The normalized spacial score (nSPS) is 15.5. The van der Waals surface area contributed by atoms with Crippen molar-refractivity contribution in [3.63, 3.8) is 0 Å². The van der Waals surface area contributed by atoms with Crippen LogP contribution in [-0.2, 0) is 6.54 Å². The van der Waals surface area contributed by atoms with E-state index in [2.05, 4.69) is 15.2 Å². The van der Waals surface area contributed by atoms with E-state index in [-0.39, 0.29) is 17.0 Å². The molecule has 1 aliphatic rings. The highest BCUT2D eigenvalue weighted by Crippen LogP contribution is 2.32. The van der Waals surface area contributed by atoms with Crippen LogP contribution in [0.25, 0.3) is 11.5 Å². The number of halogens is 2. The van der Waals surface area contributed by atoms with Crippen LogP contribution in [0.4, 0.5) is 0 Å². The van der Waals surface area contributed by atoms with E-state index < -0.39 is 0 Å². The van der Waals surface area contributed by atoms with Gasteiger partial charge in [-0.05, 0) is 31.2 Å². The fourth-order valence-corrected chi connectivity index (χ4v) is 3.55. The van der Waals surface area contributed by atoms with Gasteiger partial charge in [-0.3, -0.25) is 9.78 Å². The average Bonchev–Trinajstić information content (AvgIpc) is 3.17. The highest BCUT2D eigenvalue weighted by Gasteiger charge is 2.33. The first-order valence-corrected chi connectivity index (χ1v) is 9.93. The number of fused-ring (bicyclic) bond motifs is 1. The number of benzene rings is 1. The quantitative estimate of drug-likeness (QED) is 0.595. The van der Waals surface area contributed by atoms with E-state index in [0.29, 0.717) is 29.5 Å². The fraction of sp³-hybridized carbons (Fsp3) is 0.300. The van der Waals surface area contributed by atoms with Gasteiger partial charge in [-0.1, -0.05) is 49.2 Å². The minimum atomic E-state index is -0.240. The topological polar surface area (TPSA) is 63.9 Å². The molecular weight excluding hydrogens is 397 g/mol. The van der Waals surface area contributed by atoms with E-state index in [1.165, 1.54) is 0 Å². The number of carbonyl (C=O) groups is 1. The summed E-state index contributed by atoms with van der Waals surface area (Å²) in [6.45, 7) is 7.04. The van der Waals surface area contributed by atoms with Crippen LogP contribution >= 0.6 is 23.2 Å². The summed E-state index contributed by atoms with van der Waals surface area (Å²) >= 11 is 12.3. The zero-order chi connectivity index (χ0) is 20.3. The van der Waals surface area contributed by atoms with Crippen molar-refractivity contribution < 1.29 is 4.79 Å². The highest BCUT2D eigenvalue weighted by molar-refractivity contribution is 6.43. The zero-order valence-corrected chi connectivity index (χ0v) is 17.4. The van der Waals surface area contributed by atoms with Gasteiger partial charge in [-0.2, -0.15) is 0 Å². The lowest BCUT2D eigenvalue weighted by molar-refractivity contribution is 0.0638. The summed E-state index contributed by atoms with van der Waals surface area (Å²) in [5, 5.41) is 9.22. The Kier molecular flexibility index (Phi) is 6.31. The Morgan fingerprint density at radius 2 is 1.86 bits per heavy atom. The summed E-state index contributed by atoms with van der Waals surface area (Å²) in [4.78, 5) is 19.1. The number of hydrogen-bond acceptors (Lipinski definition) is 4. The van der Waals surface area contributed by atoms with Gasteiger partial charge in [0.1, 0.15) is 5.69 Å². The minimum Gasteiger partial charge on any atom is -0.327 e. The van der Waals surface area contributed by atoms with Gasteiger partial charge in [0.05, 0.1) is 21.7 Å². The molecule has 1 aromatic carbocycles. The number of amides is 1. The van der Waals surface area contributed by atoms with Crippen LogP contribution in [0.5, 0.6) is 0 Å². The largest absolute Gasteiger partial charge is 0.327 e. The molecule has 1 amide bonds. The average molecular weight is 418 g/mol. The van der Waals surface area contributed by atoms with E-state index in [4.69, 9.17) is 23.2 Å². The molecular formula is C20H21Cl2N5O. The molecule has 1 aliphatic heterocycles. The van der Waals surface area contributed by atoms with Gasteiger partial charge >= 0.3 is 0 Å². The third-order valence-electron chi connectivity index (χ3n) is 4.52. The Morgan fingerprint density at radius 1 is 1.07 bits per heavy atom. The van der Waals surface area contributed by atoms with Crippen molar-refractivity contribution >= 4 is 29.1 Å². The van der Waals surface area contributed by atoms with Gasteiger partial charge in [0, 0.05) is 19.3 Å². The van der Waals surface area contributed by atoms with Crippen LogP contribution in [0.1, 0.15) is 43.0 Å².